The molecule has 2 atom stereocenters. The predicted octanol–water partition coefficient (Wildman–Crippen LogP) is 3.89. The number of nitrogens with one attached hydrogen (secondary N) is 3. The van der Waals surface area contributed by atoms with Crippen molar-refractivity contribution in [3.8, 4) is 0 Å². The Morgan fingerprint density at radius 1 is 1.08 bits per heavy atom. The van der Waals surface area contributed by atoms with Crippen LogP contribution in [0.2, 0.25) is 0 Å². The van der Waals surface area contributed by atoms with E-state index >= 15 is 0 Å². The minimum atomic E-state index is 0.0826. The number of hydrogen-bond donors (Lipinski definition) is 3. The highest BCUT2D eigenvalue weighted by Crippen LogP contribution is 2.27. The second kappa shape index (κ2) is 11.6. The van der Waals surface area contributed by atoms with Gasteiger partial charge in [0, 0.05) is 26.1 Å². The SMILES string of the molecule is CCCN[C@H]1CCC[C@@H](CNC(=N)N(C)C(=O)CCC2CCCCC2)C1. The van der Waals surface area contributed by atoms with E-state index < -0.39 is 0 Å². The van der Waals surface area contributed by atoms with Crippen molar-refractivity contribution < 1.29 is 4.79 Å². The molecule has 1 amide bonds. The molecule has 0 aromatic carbocycles. The average Bonchev–Trinajstić information content (AvgIpc) is 2.69. The molecule has 0 saturated heterocycles. The van der Waals surface area contributed by atoms with Crippen molar-refractivity contribution in [3.05, 3.63) is 0 Å². The molecule has 0 heterocycles. The first-order chi connectivity index (χ1) is 12.6. The summed E-state index contributed by atoms with van der Waals surface area (Å²) in [5.74, 6) is 1.67. The Hall–Kier alpha value is -1.10. The van der Waals surface area contributed by atoms with Crippen molar-refractivity contribution in [1.29, 1.82) is 5.41 Å². The van der Waals surface area contributed by atoms with Gasteiger partial charge in [0.05, 0.1) is 0 Å². The Balaban J connectivity index is 1.64. The molecule has 2 rings (SSSR count). The van der Waals surface area contributed by atoms with E-state index in [1.165, 1.54) is 69.1 Å². The summed E-state index contributed by atoms with van der Waals surface area (Å²) in [7, 11) is 1.74. The molecule has 5 nitrogen and oxygen atoms in total. The van der Waals surface area contributed by atoms with Crippen LogP contribution in [-0.2, 0) is 4.79 Å². The van der Waals surface area contributed by atoms with Crippen LogP contribution in [0.15, 0.2) is 0 Å². The van der Waals surface area contributed by atoms with Crippen molar-refractivity contribution in [2.24, 2.45) is 11.8 Å². The van der Waals surface area contributed by atoms with Gasteiger partial charge in [0.25, 0.3) is 0 Å². The van der Waals surface area contributed by atoms with Crippen LogP contribution in [0.5, 0.6) is 0 Å². The van der Waals surface area contributed by atoms with Gasteiger partial charge in [-0.1, -0.05) is 45.4 Å². The average molecular weight is 365 g/mol. The fourth-order valence-electron chi connectivity index (χ4n) is 4.47. The molecule has 0 radical (unpaired) electrons. The first-order valence-corrected chi connectivity index (χ1v) is 10.9. The highest BCUT2D eigenvalue weighted by Gasteiger charge is 2.23. The summed E-state index contributed by atoms with van der Waals surface area (Å²) in [5, 5.41) is 15.0. The van der Waals surface area contributed by atoms with Gasteiger partial charge in [0.2, 0.25) is 5.91 Å². The van der Waals surface area contributed by atoms with Crippen LogP contribution in [-0.4, -0.2) is 42.9 Å². The molecule has 0 bridgehead atoms. The van der Waals surface area contributed by atoms with Gasteiger partial charge in [0.15, 0.2) is 5.96 Å². The van der Waals surface area contributed by atoms with Crippen molar-refractivity contribution >= 4 is 11.9 Å². The third-order valence-corrected chi connectivity index (χ3v) is 6.22. The summed E-state index contributed by atoms with van der Waals surface area (Å²) in [6.45, 7) is 4.11. The molecule has 2 fully saturated rings. The van der Waals surface area contributed by atoms with Gasteiger partial charge in [-0.3, -0.25) is 15.1 Å². The van der Waals surface area contributed by atoms with Gasteiger partial charge in [-0.25, -0.2) is 0 Å². The van der Waals surface area contributed by atoms with Crippen LogP contribution in [0.4, 0.5) is 0 Å². The van der Waals surface area contributed by atoms with E-state index in [-0.39, 0.29) is 11.9 Å². The number of amides is 1. The second-order valence-corrected chi connectivity index (χ2v) is 8.41. The van der Waals surface area contributed by atoms with Crippen LogP contribution in [0.25, 0.3) is 0 Å². The number of carbonyl (C=O) groups is 1. The van der Waals surface area contributed by atoms with E-state index in [9.17, 15) is 4.79 Å². The molecule has 26 heavy (non-hydrogen) atoms. The topological polar surface area (TPSA) is 68.2 Å². The maximum absolute atomic E-state index is 12.4. The summed E-state index contributed by atoms with van der Waals surface area (Å²) < 4.78 is 0. The summed E-state index contributed by atoms with van der Waals surface area (Å²) >= 11 is 0. The summed E-state index contributed by atoms with van der Waals surface area (Å²) in [4.78, 5) is 13.9. The Morgan fingerprint density at radius 2 is 1.81 bits per heavy atom. The minimum Gasteiger partial charge on any atom is -0.356 e. The molecule has 0 spiro atoms. The van der Waals surface area contributed by atoms with Gasteiger partial charge < -0.3 is 10.6 Å². The highest BCUT2D eigenvalue weighted by atomic mass is 16.2. The lowest BCUT2D eigenvalue weighted by molar-refractivity contribution is -0.126. The lowest BCUT2D eigenvalue weighted by atomic mass is 9.85. The van der Waals surface area contributed by atoms with Gasteiger partial charge in [-0.15, -0.1) is 0 Å². The Kier molecular flexibility index (Phi) is 9.44. The van der Waals surface area contributed by atoms with E-state index in [1.807, 2.05) is 0 Å². The van der Waals surface area contributed by atoms with Crippen molar-refractivity contribution in [2.45, 2.75) is 90.0 Å². The summed E-state index contributed by atoms with van der Waals surface area (Å²) in [6, 6.07) is 0.625. The Labute approximate surface area is 160 Å². The van der Waals surface area contributed by atoms with Crippen molar-refractivity contribution in [1.82, 2.24) is 15.5 Å². The maximum atomic E-state index is 12.4. The largest absolute Gasteiger partial charge is 0.356 e. The monoisotopic (exact) mass is 364 g/mol. The van der Waals surface area contributed by atoms with Crippen molar-refractivity contribution in [3.63, 3.8) is 0 Å². The Morgan fingerprint density at radius 3 is 2.54 bits per heavy atom. The molecule has 2 aliphatic rings. The molecular formula is C21H40N4O. The summed E-state index contributed by atoms with van der Waals surface area (Å²) in [6.07, 6.45) is 14.2. The lowest BCUT2D eigenvalue weighted by Crippen LogP contribution is -2.45. The zero-order valence-corrected chi connectivity index (χ0v) is 17.0. The lowest BCUT2D eigenvalue weighted by Gasteiger charge is -2.31. The Bertz CT molecular complexity index is 434. The summed E-state index contributed by atoms with van der Waals surface area (Å²) in [5.41, 5.74) is 0. The van der Waals surface area contributed by atoms with Crippen LogP contribution in [0, 0.1) is 17.2 Å². The maximum Gasteiger partial charge on any atom is 0.229 e. The van der Waals surface area contributed by atoms with Gasteiger partial charge in [-0.05, 0) is 50.5 Å². The van der Waals surface area contributed by atoms with Crippen LogP contribution in [0.1, 0.15) is 84.0 Å². The highest BCUT2D eigenvalue weighted by molar-refractivity contribution is 5.95. The molecule has 0 aromatic rings. The van der Waals surface area contributed by atoms with E-state index in [1.54, 1.807) is 7.05 Å². The predicted molar refractivity (Wildman–Crippen MR) is 108 cm³/mol. The fourth-order valence-corrected chi connectivity index (χ4v) is 4.47. The van der Waals surface area contributed by atoms with E-state index in [4.69, 9.17) is 5.41 Å². The molecule has 2 saturated carbocycles. The standard InChI is InChI=1S/C21H40N4O/c1-3-14-23-19-11-7-10-18(15-19)16-24-21(22)25(2)20(26)13-12-17-8-5-4-6-9-17/h17-19,23H,3-16H2,1-2H3,(H2,22,24)/t18-,19+/m1/s1. The number of rotatable bonds is 8. The molecular weight excluding hydrogens is 324 g/mol. The fraction of sp³-hybridized carbons (Fsp3) is 0.905. The van der Waals surface area contributed by atoms with E-state index in [0.717, 1.165) is 25.4 Å². The molecule has 2 aliphatic carbocycles. The zero-order chi connectivity index (χ0) is 18.8. The van der Waals surface area contributed by atoms with E-state index in [2.05, 4.69) is 17.6 Å². The third kappa shape index (κ3) is 7.26. The second-order valence-electron chi connectivity index (χ2n) is 8.41. The first-order valence-electron chi connectivity index (χ1n) is 10.9. The number of hydrogen-bond acceptors (Lipinski definition) is 3. The normalized spacial score (nSPS) is 24.2. The molecule has 150 valence electrons. The molecule has 0 unspecified atom stereocenters. The number of carbonyl (C=O) groups excluding carboxylic acids is 1. The van der Waals surface area contributed by atoms with Crippen molar-refractivity contribution in [2.75, 3.05) is 20.1 Å². The number of nitrogens with zero attached hydrogens (tertiary/aromatic N) is 1. The number of guanidine groups is 1. The molecule has 5 heteroatoms. The van der Waals surface area contributed by atoms with Crippen LogP contribution >= 0.6 is 0 Å². The molecule has 0 aromatic heterocycles. The zero-order valence-electron chi connectivity index (χ0n) is 17.0. The minimum absolute atomic E-state index is 0.0826. The van der Waals surface area contributed by atoms with Crippen LogP contribution < -0.4 is 10.6 Å². The van der Waals surface area contributed by atoms with Gasteiger partial charge in [-0.2, -0.15) is 0 Å². The quantitative estimate of drug-likeness (QED) is 0.452. The first kappa shape index (κ1) is 21.2. The molecule has 3 N–H and O–H groups in total. The van der Waals surface area contributed by atoms with Gasteiger partial charge >= 0.3 is 0 Å². The van der Waals surface area contributed by atoms with E-state index in [0.29, 0.717) is 18.4 Å². The molecule has 0 aliphatic heterocycles. The third-order valence-electron chi connectivity index (χ3n) is 6.22. The van der Waals surface area contributed by atoms with Gasteiger partial charge in [0.1, 0.15) is 0 Å². The smallest absolute Gasteiger partial charge is 0.229 e. The van der Waals surface area contributed by atoms with Crippen LogP contribution in [0.3, 0.4) is 0 Å².